The lowest BCUT2D eigenvalue weighted by Gasteiger charge is -2.32. The smallest absolute Gasteiger partial charge is 0.295 e. The van der Waals surface area contributed by atoms with E-state index in [1.165, 1.54) is 29.4 Å². The van der Waals surface area contributed by atoms with Crippen LogP contribution in [0.2, 0.25) is 0 Å². The van der Waals surface area contributed by atoms with Gasteiger partial charge in [-0.15, -0.1) is 11.3 Å². The summed E-state index contributed by atoms with van der Waals surface area (Å²) in [4.78, 5) is 41.6. The molecule has 2 heterocycles. The molecule has 1 aliphatic carbocycles. The molecule has 3 aromatic rings. The van der Waals surface area contributed by atoms with Gasteiger partial charge in [0.05, 0.1) is 12.0 Å². The molecule has 1 unspecified atom stereocenters. The van der Waals surface area contributed by atoms with Crippen molar-refractivity contribution in [1.82, 2.24) is 5.32 Å². The van der Waals surface area contributed by atoms with Crippen molar-refractivity contribution in [3.63, 3.8) is 0 Å². The number of Topliss-reactive ketones (excluding diaryl/α,β-unsaturated/α-hetero) is 1. The minimum Gasteiger partial charge on any atom is -0.459 e. The van der Waals surface area contributed by atoms with E-state index in [2.05, 4.69) is 5.32 Å². The van der Waals surface area contributed by atoms with E-state index in [1.54, 1.807) is 36.4 Å². The third kappa shape index (κ3) is 4.46. The van der Waals surface area contributed by atoms with E-state index in [1.807, 2.05) is 17.5 Å². The number of thiophene rings is 1. The zero-order chi connectivity index (χ0) is 21.8. The quantitative estimate of drug-likeness (QED) is 0.529. The number of nitrogens with zero attached hydrogens (tertiary/aromatic N) is 1. The highest BCUT2D eigenvalue weighted by Gasteiger charge is 2.37. The van der Waals surface area contributed by atoms with Gasteiger partial charge in [-0.2, -0.15) is 0 Å². The maximum Gasteiger partial charge on any atom is 0.295 e. The number of benzene rings is 1. The molecule has 6 nitrogen and oxygen atoms in total. The van der Waals surface area contributed by atoms with Crippen molar-refractivity contribution in [2.75, 3.05) is 4.90 Å². The Bertz CT molecular complexity index is 1050. The molecule has 0 saturated heterocycles. The van der Waals surface area contributed by atoms with Gasteiger partial charge in [-0.1, -0.05) is 31.0 Å². The molecule has 0 bridgehead atoms. The second kappa shape index (κ2) is 9.31. The second-order valence-electron chi connectivity index (χ2n) is 7.63. The zero-order valence-corrected chi connectivity index (χ0v) is 18.1. The molecule has 4 rings (SSSR count). The Morgan fingerprint density at radius 3 is 2.48 bits per heavy atom. The molecule has 0 spiro atoms. The van der Waals surface area contributed by atoms with Gasteiger partial charge in [0.1, 0.15) is 0 Å². The monoisotopic (exact) mass is 436 g/mol. The molecule has 0 radical (unpaired) electrons. The largest absolute Gasteiger partial charge is 0.459 e. The third-order valence-electron chi connectivity index (χ3n) is 5.51. The summed E-state index contributed by atoms with van der Waals surface area (Å²) in [5.74, 6) is -0.811. The average molecular weight is 437 g/mol. The van der Waals surface area contributed by atoms with E-state index < -0.39 is 11.9 Å². The highest BCUT2D eigenvalue weighted by molar-refractivity contribution is 7.10. The Morgan fingerprint density at radius 1 is 1.06 bits per heavy atom. The van der Waals surface area contributed by atoms with Crippen LogP contribution in [0.3, 0.4) is 0 Å². The number of ketones is 1. The summed E-state index contributed by atoms with van der Waals surface area (Å²) < 4.78 is 5.37. The first-order valence-corrected chi connectivity index (χ1v) is 11.2. The predicted octanol–water partition coefficient (Wildman–Crippen LogP) is 4.99. The zero-order valence-electron chi connectivity index (χ0n) is 17.2. The maximum atomic E-state index is 13.6. The summed E-state index contributed by atoms with van der Waals surface area (Å²) >= 11 is 1.40. The number of carbonyl (C=O) groups is 3. The van der Waals surface area contributed by atoms with Gasteiger partial charge in [-0.05, 0) is 55.5 Å². The Hall–Kier alpha value is -3.19. The van der Waals surface area contributed by atoms with Gasteiger partial charge in [0.2, 0.25) is 5.91 Å². The summed E-state index contributed by atoms with van der Waals surface area (Å²) in [6.07, 6.45) is 5.44. The molecule has 7 heteroatoms. The van der Waals surface area contributed by atoms with Crippen LogP contribution in [-0.2, 0) is 4.79 Å². The van der Waals surface area contributed by atoms with Crippen molar-refractivity contribution < 1.29 is 18.8 Å². The molecule has 160 valence electrons. The van der Waals surface area contributed by atoms with Gasteiger partial charge in [0.25, 0.3) is 5.91 Å². The molecule has 1 fully saturated rings. The highest BCUT2D eigenvalue weighted by atomic mass is 32.1. The standard InChI is InChI=1S/C24H24N2O4S/c1-16(27)18-10-4-5-11-19(18)26(24(29)20-12-6-14-30-20)22(21-13-7-15-31-21)23(28)25-17-8-2-3-9-17/h4-7,10-15,17,22H,2-3,8-9H2,1H3,(H,25,28). The van der Waals surface area contributed by atoms with Crippen molar-refractivity contribution in [3.05, 3.63) is 76.4 Å². The topological polar surface area (TPSA) is 79.6 Å². The van der Waals surface area contributed by atoms with E-state index in [4.69, 9.17) is 4.42 Å². The summed E-state index contributed by atoms with van der Waals surface area (Å²) in [5, 5.41) is 5.00. The van der Waals surface area contributed by atoms with E-state index in [0.29, 0.717) is 16.1 Å². The van der Waals surface area contributed by atoms with Gasteiger partial charge in [-0.3, -0.25) is 19.3 Å². The molecule has 1 N–H and O–H groups in total. The number of nitrogens with one attached hydrogen (secondary N) is 1. The Balaban J connectivity index is 1.83. The normalized spacial score (nSPS) is 14.9. The van der Waals surface area contributed by atoms with Crippen LogP contribution in [0.15, 0.2) is 64.6 Å². The van der Waals surface area contributed by atoms with Crippen LogP contribution < -0.4 is 10.2 Å². The molecule has 0 aliphatic heterocycles. The van der Waals surface area contributed by atoms with Crippen LogP contribution in [0.4, 0.5) is 5.69 Å². The molecule has 2 aromatic heterocycles. The fourth-order valence-corrected chi connectivity index (χ4v) is 4.85. The van der Waals surface area contributed by atoms with Crippen LogP contribution in [-0.4, -0.2) is 23.6 Å². The molecule has 31 heavy (non-hydrogen) atoms. The number of carbonyl (C=O) groups excluding carboxylic acids is 3. The number of para-hydroxylation sites is 1. The number of rotatable bonds is 7. The van der Waals surface area contributed by atoms with Gasteiger partial charge < -0.3 is 9.73 Å². The van der Waals surface area contributed by atoms with E-state index in [-0.39, 0.29) is 23.5 Å². The molecule has 2 amide bonds. The van der Waals surface area contributed by atoms with Crippen molar-refractivity contribution in [2.24, 2.45) is 0 Å². The fraction of sp³-hybridized carbons (Fsp3) is 0.292. The minimum absolute atomic E-state index is 0.0959. The lowest BCUT2D eigenvalue weighted by molar-refractivity contribution is -0.123. The molecule has 1 aliphatic rings. The first-order valence-electron chi connectivity index (χ1n) is 10.4. The number of amides is 2. The molecule has 1 atom stereocenters. The molecular weight excluding hydrogens is 412 g/mol. The third-order valence-corrected chi connectivity index (χ3v) is 6.44. The number of furan rings is 1. The van der Waals surface area contributed by atoms with Crippen molar-refractivity contribution in [3.8, 4) is 0 Å². The summed E-state index contributed by atoms with van der Waals surface area (Å²) in [6.45, 7) is 1.45. The number of anilines is 1. The fourth-order valence-electron chi connectivity index (χ4n) is 4.04. The van der Waals surface area contributed by atoms with Crippen molar-refractivity contribution >= 4 is 34.6 Å². The molecular formula is C24H24N2O4S. The Morgan fingerprint density at radius 2 is 1.84 bits per heavy atom. The van der Waals surface area contributed by atoms with Crippen LogP contribution >= 0.6 is 11.3 Å². The summed E-state index contributed by atoms with van der Waals surface area (Å²) in [5.41, 5.74) is 0.758. The van der Waals surface area contributed by atoms with Gasteiger partial charge in [-0.25, -0.2) is 0 Å². The summed E-state index contributed by atoms with van der Waals surface area (Å²) in [6, 6.07) is 12.9. The lowest BCUT2D eigenvalue weighted by atomic mass is 10.0. The van der Waals surface area contributed by atoms with Crippen LogP contribution in [0.25, 0.3) is 0 Å². The summed E-state index contributed by atoms with van der Waals surface area (Å²) in [7, 11) is 0. The maximum absolute atomic E-state index is 13.6. The second-order valence-corrected chi connectivity index (χ2v) is 8.61. The van der Waals surface area contributed by atoms with Crippen molar-refractivity contribution in [1.29, 1.82) is 0 Å². The first kappa shape index (κ1) is 21.1. The van der Waals surface area contributed by atoms with Crippen molar-refractivity contribution in [2.45, 2.75) is 44.7 Å². The SMILES string of the molecule is CC(=O)c1ccccc1N(C(=O)c1ccco1)C(C(=O)NC1CCCC1)c1cccs1. The number of hydrogen-bond donors (Lipinski definition) is 1. The average Bonchev–Trinajstić information content (AvgIpc) is 3.55. The van der Waals surface area contributed by atoms with Crippen LogP contribution in [0.1, 0.15) is 64.4 Å². The van der Waals surface area contributed by atoms with Gasteiger partial charge in [0.15, 0.2) is 17.6 Å². The lowest BCUT2D eigenvalue weighted by Crippen LogP contribution is -2.46. The highest BCUT2D eigenvalue weighted by Crippen LogP contribution is 2.35. The van der Waals surface area contributed by atoms with Crippen LogP contribution in [0.5, 0.6) is 0 Å². The minimum atomic E-state index is -0.918. The van der Waals surface area contributed by atoms with Gasteiger partial charge >= 0.3 is 0 Å². The number of hydrogen-bond acceptors (Lipinski definition) is 5. The Labute approximate surface area is 184 Å². The van der Waals surface area contributed by atoms with E-state index in [9.17, 15) is 14.4 Å². The van der Waals surface area contributed by atoms with Gasteiger partial charge in [0, 0.05) is 16.5 Å². The Kier molecular flexibility index (Phi) is 6.32. The predicted molar refractivity (Wildman–Crippen MR) is 119 cm³/mol. The molecule has 1 saturated carbocycles. The van der Waals surface area contributed by atoms with E-state index in [0.717, 1.165) is 25.7 Å². The van der Waals surface area contributed by atoms with E-state index >= 15 is 0 Å². The molecule has 1 aromatic carbocycles. The first-order chi connectivity index (χ1) is 15.1. The van der Waals surface area contributed by atoms with Crippen LogP contribution in [0, 0.1) is 0 Å².